The summed E-state index contributed by atoms with van der Waals surface area (Å²) in [5.41, 5.74) is 1.04. The lowest BCUT2D eigenvalue weighted by Crippen LogP contribution is -2.23. The largest absolute Gasteiger partial charge is 0.489 e. The van der Waals surface area contributed by atoms with Gasteiger partial charge in [0.2, 0.25) is 0 Å². The monoisotopic (exact) mass is 343 g/mol. The molecule has 0 aliphatic heterocycles. The van der Waals surface area contributed by atoms with E-state index in [9.17, 15) is 14.7 Å². The molecule has 1 unspecified atom stereocenters. The van der Waals surface area contributed by atoms with E-state index in [2.05, 4.69) is 5.32 Å². The number of amides is 1. The third-order valence-corrected chi connectivity index (χ3v) is 3.42. The second-order valence-electron chi connectivity index (χ2n) is 5.70. The van der Waals surface area contributed by atoms with Gasteiger partial charge in [0.05, 0.1) is 17.4 Å². The average molecular weight is 343 g/mol. The zero-order valence-electron chi connectivity index (χ0n) is 14.4. The first-order valence-electron chi connectivity index (χ1n) is 7.85. The van der Waals surface area contributed by atoms with Crippen LogP contribution in [0.2, 0.25) is 0 Å². The second-order valence-corrected chi connectivity index (χ2v) is 5.70. The second kappa shape index (κ2) is 8.30. The number of carbonyl (C=O) groups excluding carboxylic acids is 1. The first-order valence-corrected chi connectivity index (χ1v) is 7.85. The van der Waals surface area contributed by atoms with E-state index in [1.54, 1.807) is 12.1 Å². The topological polar surface area (TPSA) is 84.9 Å². The van der Waals surface area contributed by atoms with E-state index in [4.69, 9.17) is 9.47 Å². The lowest BCUT2D eigenvalue weighted by atomic mass is 10.1. The van der Waals surface area contributed by atoms with Crippen molar-refractivity contribution in [3.63, 3.8) is 0 Å². The Labute approximate surface area is 146 Å². The van der Waals surface area contributed by atoms with E-state index in [0.717, 1.165) is 0 Å². The van der Waals surface area contributed by atoms with E-state index in [1.165, 1.54) is 25.3 Å². The summed E-state index contributed by atoms with van der Waals surface area (Å²) in [6.07, 6.45) is -0.944. The van der Waals surface area contributed by atoms with Crippen LogP contribution in [0.1, 0.15) is 35.9 Å². The summed E-state index contributed by atoms with van der Waals surface area (Å²) >= 11 is 0. The number of anilines is 1. The fourth-order valence-electron chi connectivity index (χ4n) is 2.34. The molecule has 0 fully saturated rings. The van der Waals surface area contributed by atoms with Gasteiger partial charge in [0, 0.05) is 7.11 Å². The number of hydrogen-bond donors (Lipinski definition) is 2. The maximum Gasteiger partial charge on any atom is 0.335 e. The molecule has 1 amide bonds. The number of rotatable bonds is 7. The average Bonchev–Trinajstić information content (AvgIpc) is 2.57. The Morgan fingerprint density at radius 3 is 2.32 bits per heavy atom. The molecule has 0 bridgehead atoms. The summed E-state index contributed by atoms with van der Waals surface area (Å²) in [5, 5.41) is 11.9. The molecule has 2 rings (SSSR count). The molecule has 0 saturated carbocycles. The molecular weight excluding hydrogens is 322 g/mol. The van der Waals surface area contributed by atoms with Crippen molar-refractivity contribution >= 4 is 17.6 Å². The van der Waals surface area contributed by atoms with E-state index in [1.807, 2.05) is 32.0 Å². The maximum absolute atomic E-state index is 12.6. The van der Waals surface area contributed by atoms with Gasteiger partial charge in [-0.1, -0.05) is 30.3 Å². The van der Waals surface area contributed by atoms with Gasteiger partial charge < -0.3 is 19.9 Å². The van der Waals surface area contributed by atoms with Crippen molar-refractivity contribution in [2.24, 2.45) is 0 Å². The molecule has 0 heterocycles. The summed E-state index contributed by atoms with van der Waals surface area (Å²) in [4.78, 5) is 23.8. The Morgan fingerprint density at radius 1 is 1.08 bits per heavy atom. The summed E-state index contributed by atoms with van der Waals surface area (Å²) in [6.45, 7) is 3.69. The number of aromatic carboxylic acids is 1. The fourth-order valence-corrected chi connectivity index (χ4v) is 2.34. The highest BCUT2D eigenvalue weighted by Crippen LogP contribution is 2.29. The molecule has 0 aliphatic rings. The maximum atomic E-state index is 12.6. The van der Waals surface area contributed by atoms with Crippen molar-refractivity contribution in [2.75, 3.05) is 12.4 Å². The molecule has 1 atom stereocenters. The molecule has 6 nitrogen and oxygen atoms in total. The van der Waals surface area contributed by atoms with Crippen LogP contribution in [0.25, 0.3) is 0 Å². The van der Waals surface area contributed by atoms with E-state index in [-0.39, 0.29) is 17.4 Å². The Balaban J connectivity index is 2.31. The van der Waals surface area contributed by atoms with Gasteiger partial charge in [-0.25, -0.2) is 4.79 Å². The van der Waals surface area contributed by atoms with Crippen LogP contribution >= 0.6 is 0 Å². The molecule has 132 valence electrons. The number of carbonyl (C=O) groups is 2. The molecule has 0 aliphatic carbocycles. The summed E-state index contributed by atoms with van der Waals surface area (Å²) in [7, 11) is 1.44. The van der Waals surface area contributed by atoms with Gasteiger partial charge in [0.1, 0.15) is 5.75 Å². The van der Waals surface area contributed by atoms with Gasteiger partial charge in [-0.05, 0) is 37.6 Å². The third kappa shape index (κ3) is 4.81. The van der Waals surface area contributed by atoms with Crippen molar-refractivity contribution in [1.82, 2.24) is 0 Å². The van der Waals surface area contributed by atoms with Crippen molar-refractivity contribution in [2.45, 2.75) is 26.1 Å². The van der Waals surface area contributed by atoms with Crippen LogP contribution in [0.15, 0.2) is 48.5 Å². The van der Waals surface area contributed by atoms with E-state index in [0.29, 0.717) is 11.3 Å². The van der Waals surface area contributed by atoms with Gasteiger partial charge in [-0.3, -0.25) is 4.79 Å². The predicted molar refractivity (Wildman–Crippen MR) is 94.0 cm³/mol. The normalized spacial score (nSPS) is 11.8. The Hall–Kier alpha value is -2.86. The standard InChI is InChI=1S/C19H21NO5/c1-12(2)25-16-10-9-14(19(22)23)11-15(16)20-18(21)17(24-3)13-7-5-4-6-8-13/h4-12,17H,1-3H3,(H,20,21)(H,22,23). The van der Waals surface area contributed by atoms with Crippen molar-refractivity contribution in [1.29, 1.82) is 0 Å². The number of methoxy groups -OCH3 is 1. The van der Waals surface area contributed by atoms with Crippen LogP contribution in [0.5, 0.6) is 5.75 Å². The quantitative estimate of drug-likeness (QED) is 0.804. The molecule has 0 spiro atoms. The molecule has 0 aromatic heterocycles. The predicted octanol–water partition coefficient (Wildman–Crippen LogP) is 3.50. The van der Waals surface area contributed by atoms with E-state index < -0.39 is 18.0 Å². The van der Waals surface area contributed by atoms with Crippen LogP contribution in [0.4, 0.5) is 5.69 Å². The fraction of sp³-hybridized carbons (Fsp3) is 0.263. The molecule has 2 aromatic rings. The zero-order chi connectivity index (χ0) is 18.4. The lowest BCUT2D eigenvalue weighted by Gasteiger charge is -2.19. The number of carboxylic acids is 1. The van der Waals surface area contributed by atoms with Crippen LogP contribution in [-0.4, -0.2) is 30.2 Å². The minimum atomic E-state index is -1.09. The van der Waals surface area contributed by atoms with Crippen molar-refractivity contribution < 1.29 is 24.2 Å². The van der Waals surface area contributed by atoms with Crippen LogP contribution in [0.3, 0.4) is 0 Å². The molecule has 6 heteroatoms. The van der Waals surface area contributed by atoms with Gasteiger partial charge in [-0.2, -0.15) is 0 Å². The molecular formula is C19H21NO5. The Morgan fingerprint density at radius 2 is 1.76 bits per heavy atom. The van der Waals surface area contributed by atoms with Gasteiger partial charge in [0.15, 0.2) is 6.10 Å². The smallest absolute Gasteiger partial charge is 0.335 e. The van der Waals surface area contributed by atoms with E-state index >= 15 is 0 Å². The minimum absolute atomic E-state index is 0.0556. The highest BCUT2D eigenvalue weighted by molar-refractivity contribution is 5.98. The van der Waals surface area contributed by atoms with Crippen molar-refractivity contribution in [3.8, 4) is 5.75 Å². The van der Waals surface area contributed by atoms with Crippen molar-refractivity contribution in [3.05, 3.63) is 59.7 Å². The molecule has 25 heavy (non-hydrogen) atoms. The summed E-state index contributed by atoms with van der Waals surface area (Å²) < 4.78 is 11.0. The lowest BCUT2D eigenvalue weighted by molar-refractivity contribution is -0.126. The van der Waals surface area contributed by atoms with Crippen LogP contribution < -0.4 is 10.1 Å². The molecule has 2 aromatic carbocycles. The van der Waals surface area contributed by atoms with Gasteiger partial charge in [0.25, 0.3) is 5.91 Å². The number of hydrogen-bond acceptors (Lipinski definition) is 4. The molecule has 2 N–H and O–H groups in total. The highest BCUT2D eigenvalue weighted by atomic mass is 16.5. The SMILES string of the molecule is COC(C(=O)Nc1cc(C(=O)O)ccc1OC(C)C)c1ccccc1. The molecule has 0 radical (unpaired) electrons. The zero-order valence-corrected chi connectivity index (χ0v) is 14.4. The Bertz CT molecular complexity index is 743. The van der Waals surface area contributed by atoms with Crippen LogP contribution in [-0.2, 0) is 9.53 Å². The first-order chi connectivity index (χ1) is 11.9. The molecule has 0 saturated heterocycles. The number of nitrogens with one attached hydrogen (secondary N) is 1. The Kier molecular flexibility index (Phi) is 6.14. The highest BCUT2D eigenvalue weighted by Gasteiger charge is 2.22. The van der Waals surface area contributed by atoms with Gasteiger partial charge in [-0.15, -0.1) is 0 Å². The van der Waals surface area contributed by atoms with Crippen LogP contribution in [0, 0.1) is 0 Å². The number of carboxylic acid groups (broad SMARTS) is 1. The minimum Gasteiger partial charge on any atom is -0.489 e. The number of ether oxygens (including phenoxy) is 2. The summed E-state index contributed by atoms with van der Waals surface area (Å²) in [5.74, 6) is -1.10. The third-order valence-electron chi connectivity index (χ3n) is 3.42. The van der Waals surface area contributed by atoms with Gasteiger partial charge >= 0.3 is 5.97 Å². The first kappa shape index (κ1) is 18.5. The summed E-state index contributed by atoms with van der Waals surface area (Å²) in [6, 6.07) is 13.4. The number of benzene rings is 2.